The number of halogens is 1. The highest BCUT2D eigenvalue weighted by atomic mass is 35.5. The summed E-state index contributed by atoms with van der Waals surface area (Å²) in [6.07, 6.45) is 1.58. The van der Waals surface area contributed by atoms with E-state index in [2.05, 4.69) is 25.9 Å². The van der Waals surface area contributed by atoms with Gasteiger partial charge in [0.25, 0.3) is 5.91 Å². The van der Waals surface area contributed by atoms with Gasteiger partial charge in [0.15, 0.2) is 5.13 Å². The molecule has 5 rings (SSSR count). The molecule has 0 radical (unpaired) electrons. The Labute approximate surface area is 204 Å². The van der Waals surface area contributed by atoms with Crippen molar-refractivity contribution in [3.05, 3.63) is 47.0 Å². The van der Waals surface area contributed by atoms with Crippen LogP contribution in [0.25, 0.3) is 21.3 Å². The van der Waals surface area contributed by atoms with Crippen molar-refractivity contribution in [3.8, 4) is 0 Å². The fourth-order valence-electron chi connectivity index (χ4n) is 3.88. The minimum absolute atomic E-state index is 0.0785. The molecule has 1 aliphatic rings. The van der Waals surface area contributed by atoms with Crippen molar-refractivity contribution in [3.63, 3.8) is 0 Å². The van der Waals surface area contributed by atoms with Crippen LogP contribution in [0.1, 0.15) is 23.2 Å². The second-order valence-electron chi connectivity index (χ2n) is 8.09. The lowest BCUT2D eigenvalue weighted by atomic mass is 10.1. The number of fused-ring (bicyclic) bond motifs is 2. The van der Waals surface area contributed by atoms with Crippen LogP contribution in [-0.2, 0) is 16.6 Å². The molecule has 0 bridgehead atoms. The molecule has 0 atom stereocenters. The molecule has 2 amide bonds. The van der Waals surface area contributed by atoms with E-state index in [0.717, 1.165) is 28.6 Å². The number of nitrogens with one attached hydrogen (secondary N) is 3. The van der Waals surface area contributed by atoms with Gasteiger partial charge in [0.05, 0.1) is 27.8 Å². The zero-order valence-electron chi connectivity index (χ0n) is 18.4. The predicted molar refractivity (Wildman–Crippen MR) is 133 cm³/mol. The summed E-state index contributed by atoms with van der Waals surface area (Å²) in [6, 6.07) is 10.9. The Bertz CT molecular complexity index is 1380. The number of ether oxygens (including phenoxy) is 1. The Hall–Kier alpha value is -3.21. The van der Waals surface area contributed by atoms with Crippen LogP contribution < -0.4 is 16.0 Å². The number of carbonyl (C=O) groups excluding carboxylic acids is 2. The van der Waals surface area contributed by atoms with Crippen molar-refractivity contribution in [1.82, 2.24) is 25.2 Å². The number of carbonyl (C=O) groups is 2. The fraction of sp³-hybridized carbons (Fsp3) is 0.304. The van der Waals surface area contributed by atoms with E-state index in [1.165, 1.54) is 11.3 Å². The number of amides is 2. The summed E-state index contributed by atoms with van der Waals surface area (Å²) in [4.78, 5) is 34.0. The van der Waals surface area contributed by atoms with Crippen LogP contribution in [0.3, 0.4) is 0 Å². The Morgan fingerprint density at radius 1 is 1.15 bits per heavy atom. The summed E-state index contributed by atoms with van der Waals surface area (Å²) >= 11 is 7.56. The van der Waals surface area contributed by atoms with Crippen molar-refractivity contribution in [2.45, 2.75) is 18.9 Å². The van der Waals surface area contributed by atoms with Gasteiger partial charge in [-0.1, -0.05) is 22.9 Å². The quantitative estimate of drug-likeness (QED) is 0.374. The van der Waals surface area contributed by atoms with E-state index in [0.29, 0.717) is 40.4 Å². The number of hydrogen-bond donors (Lipinski definition) is 3. The van der Waals surface area contributed by atoms with Crippen molar-refractivity contribution in [1.29, 1.82) is 0 Å². The summed E-state index contributed by atoms with van der Waals surface area (Å²) in [7, 11) is 1.89. The normalized spacial score (nSPS) is 14.4. The van der Waals surface area contributed by atoms with E-state index < -0.39 is 0 Å². The molecule has 0 spiro atoms. The molecule has 1 fully saturated rings. The lowest BCUT2D eigenvalue weighted by Crippen LogP contribution is -2.44. The second kappa shape index (κ2) is 9.57. The van der Waals surface area contributed by atoms with Crippen LogP contribution in [0.15, 0.2) is 36.4 Å². The molecule has 0 saturated carbocycles. The molecule has 3 heterocycles. The zero-order valence-corrected chi connectivity index (χ0v) is 20.0. The lowest BCUT2D eigenvalue weighted by Gasteiger charge is -2.23. The van der Waals surface area contributed by atoms with Crippen molar-refractivity contribution in [2.75, 3.05) is 25.1 Å². The van der Waals surface area contributed by atoms with Crippen LogP contribution in [0.2, 0.25) is 5.02 Å². The molecule has 4 aromatic rings. The summed E-state index contributed by atoms with van der Waals surface area (Å²) in [5.41, 5.74) is 2.81. The van der Waals surface area contributed by atoms with E-state index in [9.17, 15) is 9.59 Å². The maximum atomic E-state index is 12.6. The highest BCUT2D eigenvalue weighted by molar-refractivity contribution is 7.22. The average Bonchev–Trinajstić information content (AvgIpc) is 3.37. The SMILES string of the molecule is Cn1c(Nc2nc3ccc(Cl)cc3s2)nc2cc(C(=O)NCC(=O)NC3CCOCC3)ccc21. The number of hydrogen-bond acceptors (Lipinski definition) is 7. The van der Waals surface area contributed by atoms with Crippen LogP contribution in [-0.4, -0.2) is 52.1 Å². The molecule has 1 saturated heterocycles. The molecular weight excluding hydrogens is 476 g/mol. The van der Waals surface area contributed by atoms with Crippen molar-refractivity contribution >= 4 is 67.1 Å². The van der Waals surface area contributed by atoms with Gasteiger partial charge in [-0.3, -0.25) is 9.59 Å². The third kappa shape index (κ3) is 4.84. The standard InChI is InChI=1S/C23H23ClN6O3S/c1-30-18-5-2-13(21(32)25-12-20(31)26-15-6-8-33-9-7-15)10-17(18)27-22(30)29-23-28-16-4-3-14(24)11-19(16)34-23/h2-5,10-11,15H,6-9,12H2,1H3,(H,25,32)(H,26,31)(H,27,28,29). The Kier molecular flexibility index (Phi) is 6.36. The third-order valence-electron chi connectivity index (χ3n) is 5.71. The lowest BCUT2D eigenvalue weighted by molar-refractivity contribution is -0.121. The molecule has 0 aliphatic carbocycles. The van der Waals surface area contributed by atoms with E-state index in [1.807, 2.05) is 35.9 Å². The van der Waals surface area contributed by atoms with Gasteiger partial charge in [-0.15, -0.1) is 0 Å². The molecule has 1 aliphatic heterocycles. The summed E-state index contributed by atoms with van der Waals surface area (Å²) < 4.78 is 8.17. The number of anilines is 2. The highest BCUT2D eigenvalue weighted by Crippen LogP contribution is 2.31. The van der Waals surface area contributed by atoms with Crippen LogP contribution >= 0.6 is 22.9 Å². The Balaban J connectivity index is 1.26. The van der Waals surface area contributed by atoms with E-state index in [1.54, 1.807) is 12.1 Å². The number of imidazole rings is 1. The molecule has 34 heavy (non-hydrogen) atoms. The molecular formula is C23H23ClN6O3S. The van der Waals surface area contributed by atoms with E-state index >= 15 is 0 Å². The van der Waals surface area contributed by atoms with E-state index in [-0.39, 0.29) is 24.4 Å². The Morgan fingerprint density at radius 2 is 1.97 bits per heavy atom. The molecule has 176 valence electrons. The first kappa shape index (κ1) is 22.6. The molecule has 9 nitrogen and oxygen atoms in total. The largest absolute Gasteiger partial charge is 0.381 e. The molecule has 0 unspecified atom stereocenters. The summed E-state index contributed by atoms with van der Waals surface area (Å²) in [5.74, 6) is 0.0727. The maximum absolute atomic E-state index is 12.6. The predicted octanol–water partition coefficient (Wildman–Crippen LogP) is 3.61. The summed E-state index contributed by atoms with van der Waals surface area (Å²) in [5, 5.41) is 10.2. The van der Waals surface area contributed by atoms with Crippen LogP contribution in [0.5, 0.6) is 0 Å². The zero-order chi connectivity index (χ0) is 23.7. The monoisotopic (exact) mass is 498 g/mol. The van der Waals surface area contributed by atoms with Gasteiger partial charge in [0, 0.05) is 36.9 Å². The first-order chi connectivity index (χ1) is 16.5. The molecule has 2 aromatic heterocycles. The van der Waals surface area contributed by atoms with Crippen LogP contribution in [0.4, 0.5) is 11.1 Å². The van der Waals surface area contributed by atoms with Crippen molar-refractivity contribution in [2.24, 2.45) is 7.05 Å². The minimum atomic E-state index is -0.327. The van der Waals surface area contributed by atoms with Gasteiger partial charge >= 0.3 is 0 Å². The van der Waals surface area contributed by atoms with Crippen molar-refractivity contribution < 1.29 is 14.3 Å². The van der Waals surface area contributed by atoms with Gasteiger partial charge in [-0.2, -0.15) is 0 Å². The third-order valence-corrected chi connectivity index (χ3v) is 6.88. The number of aryl methyl sites for hydroxylation is 1. The first-order valence-corrected chi connectivity index (χ1v) is 12.1. The number of thiazole rings is 1. The van der Waals surface area contributed by atoms with Gasteiger partial charge in [0.1, 0.15) is 0 Å². The minimum Gasteiger partial charge on any atom is -0.381 e. The maximum Gasteiger partial charge on any atom is 0.251 e. The molecule has 2 aromatic carbocycles. The molecule has 11 heteroatoms. The highest BCUT2D eigenvalue weighted by Gasteiger charge is 2.17. The van der Waals surface area contributed by atoms with Gasteiger partial charge < -0.3 is 25.3 Å². The topological polar surface area (TPSA) is 110 Å². The number of rotatable bonds is 6. The van der Waals surface area contributed by atoms with Gasteiger partial charge in [0.2, 0.25) is 11.9 Å². The number of aromatic nitrogens is 3. The van der Waals surface area contributed by atoms with Crippen LogP contribution in [0, 0.1) is 0 Å². The smallest absolute Gasteiger partial charge is 0.251 e. The number of benzene rings is 2. The van der Waals surface area contributed by atoms with E-state index in [4.69, 9.17) is 16.3 Å². The fourth-order valence-corrected chi connectivity index (χ4v) is 5.02. The summed E-state index contributed by atoms with van der Waals surface area (Å²) in [6.45, 7) is 1.21. The van der Waals surface area contributed by atoms with Gasteiger partial charge in [-0.05, 0) is 49.2 Å². The Morgan fingerprint density at radius 3 is 2.79 bits per heavy atom. The average molecular weight is 499 g/mol. The van der Waals surface area contributed by atoms with Gasteiger partial charge in [-0.25, -0.2) is 9.97 Å². The molecule has 3 N–H and O–H groups in total. The number of nitrogens with zero attached hydrogens (tertiary/aromatic N) is 3. The second-order valence-corrected chi connectivity index (χ2v) is 9.56. The first-order valence-electron chi connectivity index (χ1n) is 10.9.